The minimum atomic E-state index is -5.79. The summed E-state index contributed by atoms with van der Waals surface area (Å²) in [5.74, 6) is 6.22. The number of aryl methyl sites for hydroxylation is 3. The number of aromatic nitrogens is 4. The van der Waals surface area contributed by atoms with Gasteiger partial charge < -0.3 is 48.9 Å². The van der Waals surface area contributed by atoms with Crippen molar-refractivity contribution in [3.63, 3.8) is 0 Å². The quantitative estimate of drug-likeness (QED) is 0.0145. The van der Waals surface area contributed by atoms with E-state index in [0.717, 1.165) is 117 Å². The van der Waals surface area contributed by atoms with E-state index in [2.05, 4.69) is 61.5 Å². The Morgan fingerprint density at radius 2 is 1.66 bits per heavy atom. The van der Waals surface area contributed by atoms with Crippen LogP contribution in [0.2, 0.25) is 0 Å². The monoisotopic (exact) mass is 1220 g/mol. The van der Waals surface area contributed by atoms with Gasteiger partial charge in [-0.05, 0) is 99.9 Å². The molecule has 2 aromatic heterocycles. The van der Waals surface area contributed by atoms with Crippen molar-refractivity contribution >= 4 is 63.3 Å². The van der Waals surface area contributed by atoms with Crippen molar-refractivity contribution in [2.75, 3.05) is 37.7 Å². The van der Waals surface area contributed by atoms with E-state index in [1.54, 1.807) is 32.0 Å². The maximum atomic E-state index is 14.2. The molecule has 85 heavy (non-hydrogen) atoms. The zero-order valence-electron chi connectivity index (χ0n) is 45.8. The number of nitrogens with zero attached hydrogens (tertiary/aromatic N) is 7. The van der Waals surface area contributed by atoms with Crippen LogP contribution in [0.25, 0.3) is 16.7 Å². The van der Waals surface area contributed by atoms with Crippen molar-refractivity contribution in [2.45, 2.75) is 109 Å². The largest absolute Gasteiger partial charge is 0.490 e. The molecule has 6 aliphatic heterocycles. The molecule has 0 amide bonds. The number of hydrogen-bond donors (Lipinski definition) is 6. The first-order valence-electron chi connectivity index (χ1n) is 27.6. The summed E-state index contributed by atoms with van der Waals surface area (Å²) >= 11 is 0. The molecular formula is C56H57N7O19P3+. The molecule has 4 aromatic carbocycles. The highest BCUT2D eigenvalue weighted by molar-refractivity contribution is 7.66. The molecule has 6 N–H and O–H groups in total. The number of anilines is 1. The third-order valence-electron chi connectivity index (χ3n) is 16.0. The number of rotatable bonds is 17. The fourth-order valence-corrected chi connectivity index (χ4v) is 15.6. The normalized spacial score (nSPS) is 20.4. The van der Waals surface area contributed by atoms with Gasteiger partial charge in [0.2, 0.25) is 11.2 Å². The zero-order chi connectivity index (χ0) is 59.9. The molecule has 4 unspecified atom stereocenters. The Labute approximate surface area is 483 Å². The highest BCUT2D eigenvalue weighted by atomic mass is 31.3. The highest BCUT2D eigenvalue weighted by Gasteiger charge is 2.44. The lowest BCUT2D eigenvalue weighted by Gasteiger charge is -2.39. The molecule has 444 valence electrons. The van der Waals surface area contributed by atoms with E-state index >= 15 is 0 Å². The number of aliphatic hydroxyl groups is 1. The number of phosphoric ester groups is 1. The standard InChI is InChI=1S/C56H56N7O19P3/c1-30(78-55-49-54(58-31(2)59-55)62(29-57-49)47-27-45(65)46(79-47)28-77-84(73,74)82-85(75,76)81-83(70,71)72)36-17-15-32(23-43(36)63(68)69)9-3-4-14-44(64)33-16-18-37(56(66)67)40(24-33)48-41-25-34-10-5-19-60-21-7-12-38(50(34)60)52(41)80-53-39-13-8-22-61-20-6-11-35(51(39)61)26-42(48)53/h15-18,23-26,29-30,45-47,65H,4-8,10-14,19-22,27-28H2,1-2H3,(H4-,66,67,70,71,72,73,74,75,76)/p+1/t30?,45?,46-,47-/m1/s1. The molecule has 6 atom stereocenters. The van der Waals surface area contributed by atoms with Crippen LogP contribution in [0.3, 0.4) is 0 Å². The van der Waals surface area contributed by atoms with Crippen LogP contribution < -0.4 is 29.5 Å². The lowest BCUT2D eigenvalue weighted by atomic mass is 9.81. The first-order valence-corrected chi connectivity index (χ1v) is 32.1. The number of aliphatic hydroxyl groups excluding tert-OH is 1. The van der Waals surface area contributed by atoms with Crippen LogP contribution in [0.1, 0.15) is 135 Å². The fourth-order valence-electron chi connectivity index (χ4n) is 12.5. The summed E-state index contributed by atoms with van der Waals surface area (Å²) in [5.41, 5.74) is 8.78. The van der Waals surface area contributed by atoms with E-state index in [-0.39, 0.29) is 64.7 Å². The number of carboxylic acid groups (broad SMARTS) is 1. The number of ketones is 1. The topological polar surface area (TPSA) is 355 Å². The first-order chi connectivity index (χ1) is 40.5. The molecular weight excluding hydrogens is 1170 g/mol. The third-order valence-corrected chi connectivity index (χ3v) is 19.8. The van der Waals surface area contributed by atoms with Crippen molar-refractivity contribution in [2.24, 2.45) is 0 Å². The minimum absolute atomic E-state index is 0.0255. The Balaban J connectivity index is 0.767. The number of aromatic carboxylic acids is 1. The first kappa shape index (κ1) is 58.3. The van der Waals surface area contributed by atoms with Gasteiger partial charge in [0.1, 0.15) is 48.8 Å². The van der Waals surface area contributed by atoms with Crippen molar-refractivity contribution < 1.29 is 85.3 Å². The van der Waals surface area contributed by atoms with Gasteiger partial charge in [-0.1, -0.05) is 17.9 Å². The number of imidazole rings is 1. The Morgan fingerprint density at radius 1 is 0.906 bits per heavy atom. The predicted octanol–water partition coefficient (Wildman–Crippen LogP) is 6.32. The molecule has 0 saturated carbocycles. The number of Topliss-reactive ketones (excluding diaryl/α,β-unsaturated/α-hetero) is 1. The summed E-state index contributed by atoms with van der Waals surface area (Å²) < 4.78 is 70.2. The number of nitro groups is 1. The number of benzene rings is 4. The van der Waals surface area contributed by atoms with Crippen LogP contribution in [0.15, 0.2) is 54.9 Å². The molecule has 6 aliphatic rings. The minimum Gasteiger partial charge on any atom is -0.478 e. The maximum Gasteiger partial charge on any atom is 0.490 e. The summed E-state index contributed by atoms with van der Waals surface area (Å²) in [6.45, 7) is 6.10. The van der Waals surface area contributed by atoms with Crippen molar-refractivity contribution in [1.82, 2.24) is 24.1 Å². The molecule has 0 bridgehead atoms. The smallest absolute Gasteiger partial charge is 0.478 e. The van der Waals surface area contributed by atoms with E-state index in [9.17, 15) is 53.4 Å². The van der Waals surface area contributed by atoms with Gasteiger partial charge in [-0.2, -0.15) is 13.6 Å². The second-order valence-electron chi connectivity index (χ2n) is 21.6. The van der Waals surface area contributed by atoms with E-state index in [1.165, 1.54) is 51.3 Å². The summed E-state index contributed by atoms with van der Waals surface area (Å²) in [6.07, 6.45) is 3.86. The average molecular weight is 1230 g/mol. The van der Waals surface area contributed by atoms with Crippen LogP contribution in [-0.2, 0) is 57.3 Å². The van der Waals surface area contributed by atoms with Gasteiger partial charge in [-0.15, -0.1) is 0 Å². The van der Waals surface area contributed by atoms with Crippen molar-refractivity contribution in [3.8, 4) is 29.2 Å². The molecule has 1 fully saturated rings. The van der Waals surface area contributed by atoms with Crippen LogP contribution in [-0.4, -0.2) is 111 Å². The number of fused-ring (bicyclic) bond motifs is 5. The number of nitro benzene ring substituents is 1. The van der Waals surface area contributed by atoms with Crippen LogP contribution in [0.5, 0.6) is 17.4 Å². The summed E-state index contributed by atoms with van der Waals surface area (Å²) in [4.78, 5) is 92.1. The number of ether oxygens (including phenoxy) is 3. The molecule has 6 aromatic rings. The Bertz CT molecular complexity index is 4190. The molecule has 12 rings (SSSR count). The predicted molar refractivity (Wildman–Crippen MR) is 301 cm³/mol. The number of phosphoric acid groups is 3. The van der Waals surface area contributed by atoms with Crippen LogP contribution >= 0.6 is 23.5 Å². The van der Waals surface area contributed by atoms with E-state index in [4.69, 9.17) is 24.0 Å². The molecule has 0 spiro atoms. The van der Waals surface area contributed by atoms with Crippen LogP contribution in [0, 0.1) is 28.9 Å². The van der Waals surface area contributed by atoms with Gasteiger partial charge in [0.15, 0.2) is 16.9 Å². The molecule has 0 aliphatic carbocycles. The molecule has 1 saturated heterocycles. The maximum absolute atomic E-state index is 14.2. The van der Waals surface area contributed by atoms with Gasteiger partial charge in [0.25, 0.3) is 5.69 Å². The summed E-state index contributed by atoms with van der Waals surface area (Å²) in [5, 5.41) is 36.2. The zero-order valence-corrected chi connectivity index (χ0v) is 48.5. The van der Waals surface area contributed by atoms with E-state index < -0.39 is 65.5 Å². The molecule has 0 radical (unpaired) electrons. The fraction of sp³-hybridized carbons (Fsp3) is 0.393. The van der Waals surface area contributed by atoms with Gasteiger partial charge in [0.05, 0.1) is 40.7 Å². The molecule has 26 nitrogen and oxygen atoms in total. The van der Waals surface area contributed by atoms with Crippen molar-refractivity contribution in [3.05, 3.63) is 137 Å². The van der Waals surface area contributed by atoms with Gasteiger partial charge in [-0.3, -0.25) is 24.0 Å². The van der Waals surface area contributed by atoms with Crippen molar-refractivity contribution in [1.29, 1.82) is 0 Å². The summed E-state index contributed by atoms with van der Waals surface area (Å²) in [6, 6.07) is 13.5. The lowest BCUT2D eigenvalue weighted by Crippen LogP contribution is -2.45. The summed E-state index contributed by atoms with van der Waals surface area (Å²) in [7, 11) is -16.9. The number of carbonyl (C=O) groups excluding carboxylic acids is 1. The Hall–Kier alpha value is -7.07. The average Bonchev–Trinajstić information content (AvgIpc) is 1.37. The third kappa shape index (κ3) is 11.6. The van der Waals surface area contributed by atoms with E-state index in [0.29, 0.717) is 16.7 Å². The second kappa shape index (κ2) is 22.7. The van der Waals surface area contributed by atoms with E-state index in [1.807, 2.05) is 0 Å². The Morgan fingerprint density at radius 3 is 2.42 bits per heavy atom. The highest BCUT2D eigenvalue weighted by Crippen LogP contribution is 2.66. The number of hydrogen-bond acceptors (Lipinski definition) is 18. The lowest BCUT2D eigenvalue weighted by molar-refractivity contribution is -0.386. The van der Waals surface area contributed by atoms with Crippen LogP contribution in [0.4, 0.5) is 11.4 Å². The van der Waals surface area contributed by atoms with Gasteiger partial charge >= 0.3 is 29.4 Å². The molecule has 29 heteroatoms. The van der Waals surface area contributed by atoms with Gasteiger partial charge in [0, 0.05) is 95.6 Å². The molecule has 8 heterocycles. The second-order valence-corrected chi connectivity index (χ2v) is 26.1. The number of carbonyl (C=O) groups is 2. The number of carboxylic acids is 1. The van der Waals surface area contributed by atoms with Gasteiger partial charge in [-0.25, -0.2) is 33.0 Å². The SMILES string of the molecule is Cc1nc(OC(C)c2ccc(C#CCCC(=O)c3ccc(C(=O)O)c(C4=c5cc6c7c(c5Oc5c4cc4c8c5CCCN8CCC4)CCC[N+]=7CCC6)c3)cc2[N+](=O)[O-])c2ncn([C@H]3CC(O)[C@@H](COP(=O)(O)OP(=O)(O)OP(=O)(O)O)O3)c2n1. The Kier molecular flexibility index (Phi) is 15.5.